The van der Waals surface area contributed by atoms with Gasteiger partial charge in [0.05, 0.1) is 18.1 Å². The van der Waals surface area contributed by atoms with E-state index in [1.54, 1.807) is 0 Å². The summed E-state index contributed by atoms with van der Waals surface area (Å²) in [6, 6.07) is 9.87. The van der Waals surface area contributed by atoms with Crippen LogP contribution in [0.3, 0.4) is 0 Å². The van der Waals surface area contributed by atoms with Crippen molar-refractivity contribution in [3.63, 3.8) is 0 Å². The summed E-state index contributed by atoms with van der Waals surface area (Å²) in [4.78, 5) is 0. The molecule has 0 amide bonds. The van der Waals surface area contributed by atoms with Crippen molar-refractivity contribution in [2.45, 2.75) is 32.3 Å². The maximum Gasteiger partial charge on any atom is 0.0971 e. The molecule has 0 aliphatic carbocycles. The first-order valence-corrected chi connectivity index (χ1v) is 4.83. The second kappa shape index (κ2) is 4.78. The summed E-state index contributed by atoms with van der Waals surface area (Å²) in [6.45, 7) is 3.88. The molecule has 0 saturated carbocycles. The number of rotatable bonds is 3. The highest BCUT2D eigenvalue weighted by molar-refractivity contribution is 5.29. The van der Waals surface area contributed by atoms with Crippen molar-refractivity contribution in [1.29, 1.82) is 5.26 Å². The van der Waals surface area contributed by atoms with Gasteiger partial charge in [0.2, 0.25) is 0 Å². The highest BCUT2D eigenvalue weighted by atomic mass is 16.3. The standard InChI is InChI=1S/C12H15NO/c1-3-12(14)11(8-13)10-6-4-9(2)5-7-10/h4-7,11-12,14H,3H2,1-2H3. The molecule has 1 rings (SSSR count). The van der Waals surface area contributed by atoms with E-state index < -0.39 is 12.0 Å². The predicted octanol–water partition coefficient (Wildman–Crippen LogP) is 2.37. The zero-order valence-electron chi connectivity index (χ0n) is 8.57. The highest BCUT2D eigenvalue weighted by Crippen LogP contribution is 2.21. The van der Waals surface area contributed by atoms with Crippen molar-refractivity contribution in [1.82, 2.24) is 0 Å². The van der Waals surface area contributed by atoms with Crippen LogP contribution < -0.4 is 0 Å². The summed E-state index contributed by atoms with van der Waals surface area (Å²) < 4.78 is 0. The minimum absolute atomic E-state index is 0.402. The fourth-order valence-electron chi connectivity index (χ4n) is 1.39. The Morgan fingerprint density at radius 3 is 2.36 bits per heavy atom. The Morgan fingerprint density at radius 2 is 1.93 bits per heavy atom. The van der Waals surface area contributed by atoms with E-state index in [0.29, 0.717) is 6.42 Å². The van der Waals surface area contributed by atoms with Gasteiger partial charge >= 0.3 is 0 Å². The topological polar surface area (TPSA) is 44.0 Å². The fourth-order valence-corrected chi connectivity index (χ4v) is 1.39. The second-order valence-corrected chi connectivity index (χ2v) is 3.49. The lowest BCUT2D eigenvalue weighted by molar-refractivity contribution is 0.157. The lowest BCUT2D eigenvalue weighted by Gasteiger charge is -2.14. The molecular weight excluding hydrogens is 174 g/mol. The van der Waals surface area contributed by atoms with Gasteiger partial charge in [0.1, 0.15) is 0 Å². The average Bonchev–Trinajstić information content (AvgIpc) is 2.21. The van der Waals surface area contributed by atoms with Gasteiger partial charge in [-0.3, -0.25) is 0 Å². The quantitative estimate of drug-likeness (QED) is 0.793. The van der Waals surface area contributed by atoms with Crippen LogP contribution in [0.25, 0.3) is 0 Å². The number of aliphatic hydroxyl groups excluding tert-OH is 1. The van der Waals surface area contributed by atoms with Crippen molar-refractivity contribution >= 4 is 0 Å². The van der Waals surface area contributed by atoms with E-state index in [4.69, 9.17) is 5.26 Å². The Balaban J connectivity index is 2.91. The molecule has 0 aliphatic heterocycles. The van der Waals surface area contributed by atoms with Crippen molar-refractivity contribution in [3.05, 3.63) is 35.4 Å². The number of nitrogens with zero attached hydrogens (tertiary/aromatic N) is 1. The third-order valence-corrected chi connectivity index (χ3v) is 2.38. The number of hydrogen-bond acceptors (Lipinski definition) is 2. The molecule has 1 aromatic carbocycles. The molecule has 0 heterocycles. The molecule has 0 aliphatic rings. The molecule has 2 unspecified atom stereocenters. The second-order valence-electron chi connectivity index (χ2n) is 3.49. The monoisotopic (exact) mass is 189 g/mol. The van der Waals surface area contributed by atoms with Crippen LogP contribution in [0.5, 0.6) is 0 Å². The van der Waals surface area contributed by atoms with Gasteiger partial charge in [0, 0.05) is 0 Å². The maximum atomic E-state index is 9.62. The Hall–Kier alpha value is -1.33. The van der Waals surface area contributed by atoms with E-state index in [1.807, 2.05) is 38.1 Å². The zero-order chi connectivity index (χ0) is 10.6. The Kier molecular flexibility index (Phi) is 3.67. The Labute approximate surface area is 84.8 Å². The lowest BCUT2D eigenvalue weighted by atomic mass is 9.93. The first kappa shape index (κ1) is 10.7. The van der Waals surface area contributed by atoms with Crippen LogP contribution in [-0.2, 0) is 0 Å². The SMILES string of the molecule is CCC(O)C(C#N)c1ccc(C)cc1. The molecule has 1 N–H and O–H groups in total. The molecule has 0 aromatic heterocycles. The average molecular weight is 189 g/mol. The first-order chi connectivity index (χ1) is 6.69. The molecule has 74 valence electrons. The van der Waals surface area contributed by atoms with Crippen LogP contribution in [-0.4, -0.2) is 11.2 Å². The molecule has 2 heteroatoms. The van der Waals surface area contributed by atoms with Crippen LogP contribution in [0, 0.1) is 18.3 Å². The minimum atomic E-state index is -0.567. The zero-order valence-corrected chi connectivity index (χ0v) is 8.57. The minimum Gasteiger partial charge on any atom is -0.391 e. The van der Waals surface area contributed by atoms with E-state index in [2.05, 4.69) is 6.07 Å². The molecular formula is C12H15NO. The molecule has 0 fully saturated rings. The summed E-state index contributed by atoms with van der Waals surface area (Å²) in [5.74, 6) is -0.402. The van der Waals surface area contributed by atoms with E-state index in [0.717, 1.165) is 11.1 Å². The third-order valence-electron chi connectivity index (χ3n) is 2.38. The third kappa shape index (κ3) is 2.34. The van der Waals surface area contributed by atoms with Crippen LogP contribution in [0.1, 0.15) is 30.4 Å². The number of aryl methyl sites for hydroxylation is 1. The highest BCUT2D eigenvalue weighted by Gasteiger charge is 2.18. The molecule has 14 heavy (non-hydrogen) atoms. The summed E-state index contributed by atoms with van der Waals surface area (Å²) in [5.41, 5.74) is 2.06. The van der Waals surface area contributed by atoms with E-state index >= 15 is 0 Å². The number of aliphatic hydroxyl groups is 1. The molecule has 1 aromatic rings. The van der Waals surface area contributed by atoms with E-state index in [9.17, 15) is 5.11 Å². The summed E-state index contributed by atoms with van der Waals surface area (Å²) >= 11 is 0. The van der Waals surface area contributed by atoms with Gasteiger partial charge in [-0.15, -0.1) is 0 Å². The maximum absolute atomic E-state index is 9.62. The van der Waals surface area contributed by atoms with E-state index in [1.165, 1.54) is 0 Å². The van der Waals surface area contributed by atoms with Gasteiger partial charge in [-0.05, 0) is 18.9 Å². The molecule has 0 bridgehead atoms. The fraction of sp³-hybridized carbons (Fsp3) is 0.417. The van der Waals surface area contributed by atoms with Crippen molar-refractivity contribution in [2.24, 2.45) is 0 Å². The van der Waals surface area contributed by atoms with Gasteiger partial charge in [-0.1, -0.05) is 36.8 Å². The van der Waals surface area contributed by atoms with Gasteiger partial charge in [0.25, 0.3) is 0 Å². The Morgan fingerprint density at radius 1 is 1.36 bits per heavy atom. The van der Waals surface area contributed by atoms with Crippen molar-refractivity contribution < 1.29 is 5.11 Å². The molecule has 0 radical (unpaired) electrons. The van der Waals surface area contributed by atoms with Gasteiger partial charge < -0.3 is 5.11 Å². The van der Waals surface area contributed by atoms with Crippen LogP contribution in [0.4, 0.5) is 0 Å². The Bertz CT molecular complexity index is 323. The van der Waals surface area contributed by atoms with Gasteiger partial charge in [-0.2, -0.15) is 5.26 Å². The number of benzene rings is 1. The van der Waals surface area contributed by atoms with Crippen LogP contribution in [0.2, 0.25) is 0 Å². The summed E-state index contributed by atoms with van der Waals surface area (Å²) in [5, 5.41) is 18.6. The molecule has 0 saturated heterocycles. The van der Waals surface area contributed by atoms with Gasteiger partial charge in [-0.25, -0.2) is 0 Å². The predicted molar refractivity (Wildman–Crippen MR) is 55.8 cm³/mol. The van der Waals surface area contributed by atoms with Crippen LogP contribution in [0.15, 0.2) is 24.3 Å². The van der Waals surface area contributed by atoms with Crippen molar-refractivity contribution in [2.75, 3.05) is 0 Å². The molecule has 2 atom stereocenters. The number of nitriles is 1. The largest absolute Gasteiger partial charge is 0.391 e. The summed E-state index contributed by atoms with van der Waals surface area (Å²) in [6.07, 6.45) is 0.0363. The first-order valence-electron chi connectivity index (χ1n) is 4.83. The normalized spacial score (nSPS) is 14.4. The molecule has 2 nitrogen and oxygen atoms in total. The lowest BCUT2D eigenvalue weighted by Crippen LogP contribution is -2.15. The molecule has 0 spiro atoms. The number of hydrogen-bond donors (Lipinski definition) is 1. The summed E-state index contributed by atoms with van der Waals surface area (Å²) in [7, 11) is 0. The smallest absolute Gasteiger partial charge is 0.0971 e. The van der Waals surface area contributed by atoms with Crippen LogP contribution >= 0.6 is 0 Å². The van der Waals surface area contributed by atoms with E-state index in [-0.39, 0.29) is 0 Å². The van der Waals surface area contributed by atoms with Gasteiger partial charge in [0.15, 0.2) is 0 Å². The van der Waals surface area contributed by atoms with Crippen molar-refractivity contribution in [3.8, 4) is 6.07 Å².